The lowest BCUT2D eigenvalue weighted by molar-refractivity contribution is 0.190. The number of piperidine rings is 1. The van der Waals surface area contributed by atoms with Crippen molar-refractivity contribution < 1.29 is 0 Å². The molecule has 0 aromatic heterocycles. The van der Waals surface area contributed by atoms with Gasteiger partial charge in [-0.25, -0.2) is 0 Å². The molecule has 72 valence electrons. The van der Waals surface area contributed by atoms with E-state index in [9.17, 15) is 0 Å². The Morgan fingerprint density at radius 3 is 2.50 bits per heavy atom. The number of hydrogen-bond donors (Lipinski definition) is 0. The van der Waals surface area contributed by atoms with E-state index in [1.165, 1.54) is 45.3 Å². The highest BCUT2D eigenvalue weighted by Gasteiger charge is 2.14. The van der Waals surface area contributed by atoms with Crippen LogP contribution in [0.1, 0.15) is 32.6 Å². The molecule has 0 spiro atoms. The summed E-state index contributed by atoms with van der Waals surface area (Å²) in [4.78, 5) is 2.58. The molecule has 0 radical (unpaired) electrons. The lowest BCUT2D eigenvalue weighted by atomic mass is 9.99. The van der Waals surface area contributed by atoms with Crippen molar-refractivity contribution in [1.29, 1.82) is 0 Å². The molecule has 1 fully saturated rings. The number of likely N-dealkylation sites (tertiary alicyclic amines) is 1. The van der Waals surface area contributed by atoms with Crippen LogP contribution in [-0.2, 0) is 0 Å². The first-order valence-corrected chi connectivity index (χ1v) is 5.64. The maximum absolute atomic E-state index is 5.62. The molecule has 0 bridgehead atoms. The molecule has 0 atom stereocenters. The van der Waals surface area contributed by atoms with Crippen molar-refractivity contribution >= 4 is 11.6 Å². The summed E-state index contributed by atoms with van der Waals surface area (Å²) in [5, 5.41) is 0. The highest BCUT2D eigenvalue weighted by atomic mass is 35.5. The van der Waals surface area contributed by atoms with Crippen molar-refractivity contribution in [1.82, 2.24) is 4.90 Å². The van der Waals surface area contributed by atoms with Crippen molar-refractivity contribution in [2.75, 3.05) is 25.5 Å². The first kappa shape index (κ1) is 10.3. The summed E-state index contributed by atoms with van der Waals surface area (Å²) < 4.78 is 0. The minimum absolute atomic E-state index is 0.824. The lowest BCUT2D eigenvalue weighted by Crippen LogP contribution is -2.33. The summed E-state index contributed by atoms with van der Waals surface area (Å²) in [6.45, 7) is 6.24. The fraction of sp³-hybridized carbons (Fsp3) is 1.00. The van der Waals surface area contributed by atoms with Crippen LogP contribution in [0.5, 0.6) is 0 Å². The van der Waals surface area contributed by atoms with Gasteiger partial charge in [0.25, 0.3) is 0 Å². The fourth-order valence-electron chi connectivity index (χ4n) is 1.72. The third-order valence-corrected chi connectivity index (χ3v) is 3.00. The topological polar surface area (TPSA) is 3.24 Å². The maximum atomic E-state index is 5.62. The average Bonchev–Trinajstić information content (AvgIpc) is 2.09. The number of hydrogen-bond acceptors (Lipinski definition) is 1. The zero-order chi connectivity index (χ0) is 8.81. The second-order valence-electron chi connectivity index (χ2n) is 3.92. The predicted octanol–water partition coefficient (Wildman–Crippen LogP) is 2.74. The zero-order valence-electron chi connectivity index (χ0n) is 8.06. The van der Waals surface area contributed by atoms with Gasteiger partial charge in [0, 0.05) is 5.88 Å². The van der Waals surface area contributed by atoms with E-state index in [0.29, 0.717) is 0 Å². The Hall–Kier alpha value is 0.250. The number of alkyl halides is 1. The number of rotatable bonds is 4. The van der Waals surface area contributed by atoms with Gasteiger partial charge in [0.2, 0.25) is 0 Å². The third kappa shape index (κ3) is 3.77. The van der Waals surface area contributed by atoms with Crippen LogP contribution in [0.4, 0.5) is 0 Å². The van der Waals surface area contributed by atoms with Gasteiger partial charge in [-0.15, -0.1) is 11.6 Å². The normalized spacial score (nSPS) is 21.5. The summed E-state index contributed by atoms with van der Waals surface area (Å²) in [5.41, 5.74) is 0. The van der Waals surface area contributed by atoms with Crippen LogP contribution in [0.25, 0.3) is 0 Å². The van der Waals surface area contributed by atoms with Crippen LogP contribution in [0.2, 0.25) is 0 Å². The van der Waals surface area contributed by atoms with E-state index in [1.54, 1.807) is 0 Å². The Kier molecular flexibility index (Phi) is 5.01. The van der Waals surface area contributed by atoms with Crippen molar-refractivity contribution in [2.24, 2.45) is 5.92 Å². The Balaban J connectivity index is 2.01. The fourth-order valence-corrected chi connectivity index (χ4v) is 1.90. The molecule has 0 unspecified atom stereocenters. The summed E-state index contributed by atoms with van der Waals surface area (Å²) in [6.07, 6.45) is 5.23. The van der Waals surface area contributed by atoms with Crippen LogP contribution in [0, 0.1) is 5.92 Å². The van der Waals surface area contributed by atoms with Crippen LogP contribution in [0.3, 0.4) is 0 Å². The van der Waals surface area contributed by atoms with Gasteiger partial charge in [0.05, 0.1) is 0 Å². The van der Waals surface area contributed by atoms with Crippen molar-refractivity contribution in [3.05, 3.63) is 0 Å². The Morgan fingerprint density at radius 1 is 1.25 bits per heavy atom. The van der Waals surface area contributed by atoms with E-state index in [2.05, 4.69) is 11.8 Å². The summed E-state index contributed by atoms with van der Waals surface area (Å²) in [6, 6.07) is 0. The molecule has 0 aromatic carbocycles. The van der Waals surface area contributed by atoms with Gasteiger partial charge in [-0.1, -0.05) is 6.92 Å². The van der Waals surface area contributed by atoms with Crippen molar-refractivity contribution in [3.8, 4) is 0 Å². The van der Waals surface area contributed by atoms with Crippen LogP contribution >= 0.6 is 11.6 Å². The molecule has 12 heavy (non-hydrogen) atoms. The van der Waals surface area contributed by atoms with Gasteiger partial charge in [0.1, 0.15) is 0 Å². The molecule has 1 aliphatic rings. The highest BCUT2D eigenvalue weighted by molar-refractivity contribution is 6.17. The van der Waals surface area contributed by atoms with Gasteiger partial charge in [-0.3, -0.25) is 0 Å². The molecular formula is C10H20ClN. The maximum Gasteiger partial charge on any atom is 0.0223 e. The van der Waals surface area contributed by atoms with Crippen molar-refractivity contribution in [2.45, 2.75) is 32.6 Å². The van der Waals surface area contributed by atoms with Gasteiger partial charge in [-0.05, 0) is 51.2 Å². The minimum atomic E-state index is 0.824. The molecule has 0 saturated carbocycles. The Bertz CT molecular complexity index is 108. The smallest absolute Gasteiger partial charge is 0.0223 e. The molecule has 0 aliphatic carbocycles. The molecule has 0 N–H and O–H groups in total. The molecule has 0 amide bonds. The molecule has 0 aromatic rings. The van der Waals surface area contributed by atoms with E-state index < -0.39 is 0 Å². The lowest BCUT2D eigenvalue weighted by Gasteiger charge is -2.29. The molecule has 1 aliphatic heterocycles. The standard InChI is InChI=1S/C10H20ClN/c1-10-4-8-12(9-5-10)7-3-2-6-11/h10H,2-9H2,1H3. The molecule has 2 heteroatoms. The second-order valence-corrected chi connectivity index (χ2v) is 4.30. The number of nitrogens with zero attached hydrogens (tertiary/aromatic N) is 1. The second kappa shape index (κ2) is 5.82. The number of halogens is 1. The Labute approximate surface area is 81.1 Å². The summed E-state index contributed by atoms with van der Waals surface area (Å²) in [7, 11) is 0. The predicted molar refractivity (Wildman–Crippen MR) is 54.8 cm³/mol. The van der Waals surface area contributed by atoms with Crippen LogP contribution in [-0.4, -0.2) is 30.4 Å². The van der Waals surface area contributed by atoms with Crippen molar-refractivity contribution in [3.63, 3.8) is 0 Å². The zero-order valence-corrected chi connectivity index (χ0v) is 8.82. The van der Waals surface area contributed by atoms with E-state index in [-0.39, 0.29) is 0 Å². The van der Waals surface area contributed by atoms with Gasteiger partial charge in [-0.2, -0.15) is 0 Å². The highest BCUT2D eigenvalue weighted by Crippen LogP contribution is 2.16. The van der Waals surface area contributed by atoms with E-state index in [1.807, 2.05) is 0 Å². The van der Waals surface area contributed by atoms with Crippen LogP contribution < -0.4 is 0 Å². The summed E-state index contributed by atoms with van der Waals surface area (Å²) in [5.74, 6) is 1.78. The minimum Gasteiger partial charge on any atom is -0.303 e. The van der Waals surface area contributed by atoms with E-state index >= 15 is 0 Å². The quantitative estimate of drug-likeness (QED) is 0.486. The largest absolute Gasteiger partial charge is 0.303 e. The third-order valence-electron chi connectivity index (χ3n) is 2.73. The average molecular weight is 190 g/mol. The molecule has 1 heterocycles. The van der Waals surface area contributed by atoms with Gasteiger partial charge >= 0.3 is 0 Å². The number of unbranched alkanes of at least 4 members (excludes halogenated alkanes) is 1. The first-order valence-electron chi connectivity index (χ1n) is 5.11. The van der Waals surface area contributed by atoms with E-state index in [0.717, 1.165) is 11.8 Å². The monoisotopic (exact) mass is 189 g/mol. The molecule has 1 saturated heterocycles. The van der Waals surface area contributed by atoms with E-state index in [4.69, 9.17) is 11.6 Å². The van der Waals surface area contributed by atoms with Crippen LogP contribution in [0.15, 0.2) is 0 Å². The van der Waals surface area contributed by atoms with Gasteiger partial charge < -0.3 is 4.90 Å². The van der Waals surface area contributed by atoms with Gasteiger partial charge in [0.15, 0.2) is 0 Å². The molecule has 1 rings (SSSR count). The summed E-state index contributed by atoms with van der Waals surface area (Å²) >= 11 is 5.62. The molecular weight excluding hydrogens is 170 g/mol. The first-order chi connectivity index (χ1) is 5.83. The SMILES string of the molecule is CC1CCN(CCCCCl)CC1. The molecule has 1 nitrogen and oxygen atoms in total. The Morgan fingerprint density at radius 2 is 1.92 bits per heavy atom.